The molecule has 5 nitrogen and oxygen atoms in total. The summed E-state index contributed by atoms with van der Waals surface area (Å²) in [5.74, 6) is 1.69. The fourth-order valence-corrected chi connectivity index (χ4v) is 3.20. The van der Waals surface area contributed by atoms with E-state index in [1.807, 2.05) is 6.20 Å². The van der Waals surface area contributed by atoms with Crippen LogP contribution < -0.4 is 4.90 Å². The van der Waals surface area contributed by atoms with Gasteiger partial charge in [-0.15, -0.1) is 0 Å². The molecule has 18 heavy (non-hydrogen) atoms. The van der Waals surface area contributed by atoms with Crippen LogP contribution >= 0.6 is 0 Å². The van der Waals surface area contributed by atoms with E-state index in [2.05, 4.69) is 45.8 Å². The molecule has 96 valence electrons. The minimum atomic E-state index is 0.332. The summed E-state index contributed by atoms with van der Waals surface area (Å²) < 4.78 is 0. The van der Waals surface area contributed by atoms with Gasteiger partial charge in [-0.25, -0.2) is 9.97 Å². The highest BCUT2D eigenvalue weighted by molar-refractivity contribution is 5.86. The molecule has 0 radical (unpaired) electrons. The molecule has 0 amide bonds. The summed E-state index contributed by atoms with van der Waals surface area (Å²) in [4.78, 5) is 11.0. The minimum absolute atomic E-state index is 0.332. The van der Waals surface area contributed by atoms with Gasteiger partial charge >= 0.3 is 0 Å². The van der Waals surface area contributed by atoms with Crippen molar-refractivity contribution in [3.63, 3.8) is 0 Å². The lowest BCUT2D eigenvalue weighted by Crippen LogP contribution is -2.44. The summed E-state index contributed by atoms with van der Waals surface area (Å²) in [7, 11) is 0. The first kappa shape index (κ1) is 11.4. The van der Waals surface area contributed by atoms with Gasteiger partial charge in [0.1, 0.15) is 12.1 Å². The average Bonchev–Trinajstić information content (AvgIpc) is 2.73. The smallest absolute Gasteiger partial charge is 0.160 e. The first-order valence-electron chi connectivity index (χ1n) is 6.44. The first-order valence-corrected chi connectivity index (χ1v) is 6.44. The van der Waals surface area contributed by atoms with Crippen molar-refractivity contribution in [2.24, 2.45) is 11.3 Å². The number of anilines is 1. The number of piperidine rings is 1. The van der Waals surface area contributed by atoms with Gasteiger partial charge in [0.05, 0.1) is 11.6 Å². The molecule has 0 spiro atoms. The Balaban J connectivity index is 2.01. The number of H-pyrrole nitrogens is 1. The van der Waals surface area contributed by atoms with Crippen molar-refractivity contribution in [3.8, 4) is 0 Å². The van der Waals surface area contributed by atoms with Gasteiger partial charge in [-0.1, -0.05) is 20.8 Å². The molecule has 1 fully saturated rings. The zero-order valence-electron chi connectivity index (χ0n) is 11.1. The Kier molecular flexibility index (Phi) is 2.50. The third-order valence-electron chi connectivity index (χ3n) is 3.58. The number of rotatable bonds is 1. The van der Waals surface area contributed by atoms with Crippen molar-refractivity contribution in [1.82, 2.24) is 20.2 Å². The van der Waals surface area contributed by atoms with Crippen molar-refractivity contribution in [2.75, 3.05) is 18.0 Å². The lowest BCUT2D eigenvalue weighted by Gasteiger charge is -2.42. The number of nitrogens with zero attached hydrogens (tertiary/aromatic N) is 4. The molecule has 1 aliphatic rings. The summed E-state index contributed by atoms with van der Waals surface area (Å²) in [5.41, 5.74) is 1.15. The quantitative estimate of drug-likeness (QED) is 0.837. The van der Waals surface area contributed by atoms with Crippen molar-refractivity contribution >= 4 is 16.9 Å². The Bertz CT molecular complexity index is 559. The molecule has 0 aromatic carbocycles. The topological polar surface area (TPSA) is 57.7 Å². The van der Waals surface area contributed by atoms with Crippen LogP contribution in [0.5, 0.6) is 0 Å². The summed E-state index contributed by atoms with van der Waals surface area (Å²) in [6.07, 6.45) is 4.70. The molecule has 0 aliphatic carbocycles. The largest absolute Gasteiger partial charge is 0.355 e. The summed E-state index contributed by atoms with van der Waals surface area (Å²) >= 11 is 0. The average molecular weight is 245 g/mol. The number of fused-ring (bicyclic) bond motifs is 1. The normalized spacial score (nSPS) is 23.5. The standard InChI is InChI=1S/C13H19N5/c1-9-4-13(2,3)7-18(6-9)12-10-5-16-17-11(10)14-8-15-12/h5,8-9H,4,6-7H2,1-3H3,(H,14,15,16,17). The highest BCUT2D eigenvalue weighted by Gasteiger charge is 2.32. The van der Waals surface area contributed by atoms with Gasteiger partial charge in [-0.3, -0.25) is 5.10 Å². The van der Waals surface area contributed by atoms with Gasteiger partial charge in [-0.05, 0) is 17.8 Å². The van der Waals surface area contributed by atoms with Gasteiger partial charge in [0, 0.05) is 13.1 Å². The van der Waals surface area contributed by atoms with Crippen LogP contribution in [0.3, 0.4) is 0 Å². The van der Waals surface area contributed by atoms with E-state index in [4.69, 9.17) is 0 Å². The Morgan fingerprint density at radius 1 is 1.39 bits per heavy atom. The third-order valence-corrected chi connectivity index (χ3v) is 3.58. The molecule has 5 heteroatoms. The van der Waals surface area contributed by atoms with Crippen molar-refractivity contribution < 1.29 is 0 Å². The van der Waals surface area contributed by atoms with E-state index in [1.54, 1.807) is 6.33 Å². The van der Waals surface area contributed by atoms with Crippen LogP contribution in [0.4, 0.5) is 5.82 Å². The molecule has 0 saturated carbocycles. The summed E-state index contributed by atoms with van der Waals surface area (Å²) in [5, 5.41) is 7.98. The fraction of sp³-hybridized carbons (Fsp3) is 0.615. The van der Waals surface area contributed by atoms with Gasteiger partial charge in [0.15, 0.2) is 5.65 Å². The van der Waals surface area contributed by atoms with E-state index < -0.39 is 0 Å². The molecule has 1 aliphatic heterocycles. The number of hydrogen-bond donors (Lipinski definition) is 1. The van der Waals surface area contributed by atoms with E-state index in [9.17, 15) is 0 Å². The predicted molar refractivity (Wildman–Crippen MR) is 71.5 cm³/mol. The van der Waals surface area contributed by atoms with Crippen molar-refractivity contribution in [2.45, 2.75) is 27.2 Å². The predicted octanol–water partition coefficient (Wildman–Crippen LogP) is 2.23. The molecule has 1 unspecified atom stereocenters. The monoisotopic (exact) mass is 245 g/mol. The van der Waals surface area contributed by atoms with Crippen molar-refractivity contribution in [1.29, 1.82) is 0 Å². The molecule has 2 aromatic heterocycles. The molecular weight excluding hydrogens is 226 g/mol. The maximum atomic E-state index is 4.46. The van der Waals surface area contributed by atoms with Gasteiger partial charge in [-0.2, -0.15) is 5.10 Å². The highest BCUT2D eigenvalue weighted by Crippen LogP contribution is 2.35. The molecule has 1 saturated heterocycles. The zero-order valence-corrected chi connectivity index (χ0v) is 11.1. The van der Waals surface area contributed by atoms with Crippen LogP contribution in [0.15, 0.2) is 12.5 Å². The Morgan fingerprint density at radius 3 is 3.00 bits per heavy atom. The second-order valence-corrected chi connectivity index (χ2v) is 6.18. The van der Waals surface area contributed by atoms with Crippen LogP contribution in [0.2, 0.25) is 0 Å². The van der Waals surface area contributed by atoms with Gasteiger partial charge in [0.2, 0.25) is 0 Å². The lowest BCUT2D eigenvalue weighted by atomic mass is 9.79. The van der Waals surface area contributed by atoms with Gasteiger partial charge in [0.25, 0.3) is 0 Å². The second-order valence-electron chi connectivity index (χ2n) is 6.18. The molecule has 3 heterocycles. The van der Waals surface area contributed by atoms with Crippen LogP contribution in [0.25, 0.3) is 11.0 Å². The number of aromatic nitrogens is 4. The van der Waals surface area contributed by atoms with E-state index in [-0.39, 0.29) is 0 Å². The van der Waals surface area contributed by atoms with E-state index in [0.717, 1.165) is 29.9 Å². The zero-order chi connectivity index (χ0) is 12.8. The summed E-state index contributed by atoms with van der Waals surface area (Å²) in [6, 6.07) is 0. The molecule has 0 bridgehead atoms. The van der Waals surface area contributed by atoms with Crippen LogP contribution in [0, 0.1) is 11.3 Å². The summed E-state index contributed by atoms with van der Waals surface area (Å²) in [6.45, 7) is 9.05. The molecule has 3 rings (SSSR count). The first-order chi connectivity index (χ1) is 8.55. The maximum Gasteiger partial charge on any atom is 0.160 e. The van der Waals surface area contributed by atoms with Crippen LogP contribution in [0.1, 0.15) is 27.2 Å². The Hall–Kier alpha value is -1.65. The number of hydrogen-bond acceptors (Lipinski definition) is 4. The molecule has 1 atom stereocenters. The highest BCUT2D eigenvalue weighted by atomic mass is 15.2. The lowest BCUT2D eigenvalue weighted by molar-refractivity contribution is 0.238. The van der Waals surface area contributed by atoms with Crippen LogP contribution in [-0.2, 0) is 0 Å². The molecule has 2 aromatic rings. The Morgan fingerprint density at radius 2 is 2.22 bits per heavy atom. The molecule has 1 N–H and O–H groups in total. The SMILES string of the molecule is CC1CN(c2ncnc3[nH]ncc23)CC(C)(C)C1. The fourth-order valence-electron chi connectivity index (χ4n) is 3.20. The number of nitrogens with one attached hydrogen (secondary N) is 1. The Labute approximate surface area is 107 Å². The van der Waals surface area contributed by atoms with Crippen molar-refractivity contribution in [3.05, 3.63) is 12.5 Å². The van der Waals surface area contributed by atoms with E-state index >= 15 is 0 Å². The number of aromatic amines is 1. The second kappa shape index (κ2) is 3.93. The molecular formula is C13H19N5. The van der Waals surface area contributed by atoms with Gasteiger partial charge < -0.3 is 4.90 Å². The minimum Gasteiger partial charge on any atom is -0.355 e. The van der Waals surface area contributed by atoms with Crippen LogP contribution in [-0.4, -0.2) is 33.3 Å². The third kappa shape index (κ3) is 1.94. The maximum absolute atomic E-state index is 4.46. The van der Waals surface area contributed by atoms with E-state index in [0.29, 0.717) is 11.3 Å². The van der Waals surface area contributed by atoms with E-state index in [1.165, 1.54) is 6.42 Å².